The van der Waals surface area contributed by atoms with Crippen LogP contribution in [0.3, 0.4) is 0 Å². The predicted octanol–water partition coefficient (Wildman–Crippen LogP) is 8.91. The molecule has 2 aromatic heterocycles. The number of benzene rings is 3. The minimum Gasteiger partial charge on any atom is -0.453 e. The molecule has 14 nitrogen and oxygen atoms in total. The molecular weight excluding hydrogens is 809 g/mol. The number of hydrogen-bond acceptors (Lipinski definition) is 9. The number of carbonyl (C=O) groups is 4. The lowest BCUT2D eigenvalue weighted by atomic mass is 9.76. The van der Waals surface area contributed by atoms with Crippen LogP contribution >= 0.6 is 0 Å². The largest absolute Gasteiger partial charge is 0.453 e. The van der Waals surface area contributed by atoms with Crippen molar-refractivity contribution in [2.45, 2.75) is 121 Å². The Labute approximate surface area is 375 Å². The summed E-state index contributed by atoms with van der Waals surface area (Å²) < 4.78 is 9.14. The van der Waals surface area contributed by atoms with Crippen molar-refractivity contribution in [3.8, 4) is 22.3 Å². The first-order valence-electron chi connectivity index (χ1n) is 23.2. The average Bonchev–Trinajstić information content (AvgIpc) is 4.16. The monoisotopic (exact) mass is 872 g/mol. The van der Waals surface area contributed by atoms with Gasteiger partial charge in [0.2, 0.25) is 5.91 Å². The van der Waals surface area contributed by atoms with Crippen LogP contribution in [0.15, 0.2) is 48.5 Å². The highest BCUT2D eigenvalue weighted by Gasteiger charge is 2.44. The zero-order valence-electron chi connectivity index (χ0n) is 38.4. The number of alkyl carbamates (subject to hydrolysis) is 2. The number of H-pyrrole nitrogens is 2. The summed E-state index contributed by atoms with van der Waals surface area (Å²) in [6.07, 6.45) is 11.0. The van der Waals surface area contributed by atoms with E-state index in [2.05, 4.69) is 85.8 Å². The van der Waals surface area contributed by atoms with Crippen molar-refractivity contribution >= 4 is 46.4 Å². The first kappa shape index (κ1) is 44.8. The third-order valence-electron chi connectivity index (χ3n) is 14.3. The molecule has 4 heterocycles. The first-order chi connectivity index (χ1) is 30.8. The van der Waals surface area contributed by atoms with Gasteiger partial charge in [-0.2, -0.15) is 0 Å². The standard InChI is InChI=1S/C43H51N7O3.C7H13NO3/c1-25(2)38(48-42(52)53-4)41(51)50-22-8-10-36(50)40-45-32-15-11-26(23-33(32)47-40)28-13-14-29(37-30(28)17-20-43(37)18-5-6-19-43)27-12-16-31-34(24-27)46-39(44-31)35-9-7-21-49(35)3;1-5(2)6(4-9)8-7(10)11-3/h11-16,23-25,35-36,38H,5-10,17-22H2,1-4H3,(H,44,46)(H,45,47)(H,48,52);4-6H,1-3H3,(H,8,10). The van der Waals surface area contributed by atoms with Crippen LogP contribution in [0.25, 0.3) is 44.3 Å². The zero-order valence-corrected chi connectivity index (χ0v) is 38.4. The van der Waals surface area contributed by atoms with Crippen LogP contribution in [0, 0.1) is 11.8 Å². The fourth-order valence-corrected chi connectivity index (χ4v) is 10.8. The maximum Gasteiger partial charge on any atom is 0.407 e. The van der Waals surface area contributed by atoms with E-state index < -0.39 is 24.3 Å². The number of nitrogens with zero attached hydrogens (tertiary/aromatic N) is 4. The van der Waals surface area contributed by atoms with Crippen molar-refractivity contribution < 1.29 is 28.7 Å². The molecule has 64 heavy (non-hydrogen) atoms. The molecular formula is C50H64N8O6. The quantitative estimate of drug-likeness (QED) is 0.1000. The summed E-state index contributed by atoms with van der Waals surface area (Å²) in [7, 11) is 4.78. The molecule has 14 heteroatoms. The molecule has 3 amide bonds. The Morgan fingerprint density at radius 3 is 1.91 bits per heavy atom. The Morgan fingerprint density at radius 2 is 1.33 bits per heavy atom. The van der Waals surface area contributed by atoms with Crippen LogP contribution < -0.4 is 10.6 Å². The summed E-state index contributed by atoms with van der Waals surface area (Å²) in [5, 5.41) is 5.14. The Kier molecular flexibility index (Phi) is 13.1. The number of aromatic nitrogens is 4. The number of aromatic amines is 2. The number of nitrogens with one attached hydrogen (secondary N) is 4. The maximum absolute atomic E-state index is 13.8. The molecule has 4 N–H and O–H groups in total. The molecule has 4 atom stereocenters. The summed E-state index contributed by atoms with van der Waals surface area (Å²) in [5.41, 5.74) is 12.5. The van der Waals surface area contributed by atoms with E-state index in [1.54, 1.807) is 5.56 Å². The number of fused-ring (bicyclic) bond motifs is 4. The normalized spacial score (nSPS) is 20.1. The molecule has 0 radical (unpaired) electrons. The van der Waals surface area contributed by atoms with Crippen LogP contribution in [0.5, 0.6) is 0 Å². The van der Waals surface area contributed by atoms with Crippen molar-refractivity contribution in [2.24, 2.45) is 11.8 Å². The third kappa shape index (κ3) is 8.73. The highest BCUT2D eigenvalue weighted by Crippen LogP contribution is 2.55. The highest BCUT2D eigenvalue weighted by atomic mass is 16.5. The average molecular weight is 873 g/mol. The number of imidazole rings is 2. The first-order valence-corrected chi connectivity index (χ1v) is 23.2. The lowest BCUT2D eigenvalue weighted by molar-refractivity contribution is -0.135. The summed E-state index contributed by atoms with van der Waals surface area (Å²) in [6.45, 7) is 9.31. The van der Waals surface area contributed by atoms with E-state index in [-0.39, 0.29) is 29.2 Å². The number of likely N-dealkylation sites (tertiary alicyclic amines) is 2. The Balaban J connectivity index is 0.000000452. The van der Waals surface area contributed by atoms with Gasteiger partial charge in [0.1, 0.15) is 24.0 Å². The van der Waals surface area contributed by atoms with E-state index in [9.17, 15) is 19.2 Å². The number of ether oxygens (including phenoxy) is 2. The van der Waals surface area contributed by atoms with E-state index in [0.29, 0.717) is 18.9 Å². The van der Waals surface area contributed by atoms with E-state index in [4.69, 9.17) is 14.7 Å². The summed E-state index contributed by atoms with van der Waals surface area (Å²) >= 11 is 0. The van der Waals surface area contributed by atoms with Crippen molar-refractivity contribution in [1.82, 2.24) is 40.4 Å². The van der Waals surface area contributed by atoms with Gasteiger partial charge in [-0.1, -0.05) is 64.8 Å². The van der Waals surface area contributed by atoms with Gasteiger partial charge in [0.15, 0.2) is 0 Å². The van der Waals surface area contributed by atoms with E-state index >= 15 is 0 Å². The summed E-state index contributed by atoms with van der Waals surface area (Å²) in [6, 6.07) is 17.2. The molecule has 2 aliphatic heterocycles. The lowest BCUT2D eigenvalue weighted by Gasteiger charge is -2.29. The molecule has 5 aromatic rings. The Morgan fingerprint density at radius 1 is 0.750 bits per heavy atom. The van der Waals surface area contributed by atoms with Gasteiger partial charge in [0.05, 0.1) is 54.4 Å². The number of aldehydes is 1. The molecule has 3 aromatic carbocycles. The number of methoxy groups -OCH3 is 2. The van der Waals surface area contributed by atoms with Crippen LogP contribution in [0.2, 0.25) is 0 Å². The van der Waals surface area contributed by atoms with Crippen molar-refractivity contribution in [3.05, 3.63) is 71.3 Å². The molecule has 3 fully saturated rings. The number of amides is 3. The second-order valence-corrected chi connectivity index (χ2v) is 18.9. The van der Waals surface area contributed by atoms with Crippen LogP contribution in [0.4, 0.5) is 9.59 Å². The van der Waals surface area contributed by atoms with Crippen molar-refractivity contribution in [2.75, 3.05) is 34.4 Å². The third-order valence-corrected chi connectivity index (χ3v) is 14.3. The molecule has 0 bridgehead atoms. The predicted molar refractivity (Wildman–Crippen MR) is 248 cm³/mol. The zero-order chi connectivity index (χ0) is 45.3. The van der Waals surface area contributed by atoms with Crippen LogP contribution in [-0.2, 0) is 30.9 Å². The number of carbonyl (C=O) groups excluding carboxylic acids is 4. The SMILES string of the molecule is COC(=O)NC(C(=O)N1CCCC1c1nc2ccc(-c3ccc(-c4ccc5nc(C6CCCN6C)[nH]c5c4)c4c3CCC43CCCC3)cc2[nH]1)C(C)C.COC(=O)NC(C=O)C(C)C. The molecule has 1 spiro atoms. The number of hydrogen-bond donors (Lipinski definition) is 4. The van der Waals surface area contributed by atoms with Gasteiger partial charge in [-0.05, 0) is 140 Å². The van der Waals surface area contributed by atoms with Crippen LogP contribution in [0.1, 0.15) is 120 Å². The van der Waals surface area contributed by atoms with Gasteiger partial charge >= 0.3 is 12.2 Å². The van der Waals surface area contributed by atoms with Gasteiger partial charge in [0, 0.05) is 6.54 Å². The topological polar surface area (TPSA) is 175 Å². The molecule has 1 saturated carbocycles. The van der Waals surface area contributed by atoms with Crippen molar-refractivity contribution in [1.29, 1.82) is 0 Å². The van der Waals surface area contributed by atoms with E-state index in [0.717, 1.165) is 65.9 Å². The minimum absolute atomic E-state index is 0.0809. The fourth-order valence-electron chi connectivity index (χ4n) is 10.8. The van der Waals surface area contributed by atoms with Gasteiger partial charge in [-0.15, -0.1) is 0 Å². The molecule has 340 valence electrons. The van der Waals surface area contributed by atoms with E-state index in [1.807, 2.05) is 32.6 Å². The Bertz CT molecular complexity index is 2520. The maximum atomic E-state index is 13.8. The Hall–Kier alpha value is -5.76. The van der Waals surface area contributed by atoms with Gasteiger partial charge in [0.25, 0.3) is 0 Å². The second kappa shape index (κ2) is 18.8. The summed E-state index contributed by atoms with van der Waals surface area (Å²) in [5.74, 6) is 1.80. The van der Waals surface area contributed by atoms with Crippen molar-refractivity contribution in [3.63, 3.8) is 0 Å². The molecule has 9 rings (SSSR count). The van der Waals surface area contributed by atoms with Gasteiger partial charge in [-0.3, -0.25) is 9.69 Å². The highest BCUT2D eigenvalue weighted by molar-refractivity contribution is 5.89. The van der Waals surface area contributed by atoms with Gasteiger partial charge in [-0.25, -0.2) is 19.6 Å². The smallest absolute Gasteiger partial charge is 0.407 e. The van der Waals surface area contributed by atoms with Crippen LogP contribution in [-0.4, -0.2) is 101 Å². The molecule has 4 unspecified atom stereocenters. The second-order valence-electron chi connectivity index (χ2n) is 18.9. The minimum atomic E-state index is -0.662. The summed E-state index contributed by atoms with van der Waals surface area (Å²) in [4.78, 5) is 68.4. The lowest BCUT2D eigenvalue weighted by Crippen LogP contribution is -2.51. The van der Waals surface area contributed by atoms with Gasteiger partial charge < -0.3 is 39.8 Å². The fraction of sp³-hybridized carbons (Fsp3) is 0.520. The van der Waals surface area contributed by atoms with E-state index in [1.165, 1.54) is 80.6 Å². The number of rotatable bonds is 10. The molecule has 4 aliphatic rings. The molecule has 2 saturated heterocycles. The molecule has 2 aliphatic carbocycles.